The average molecular weight is 465 g/mol. The molecule has 1 atom stereocenters. The molecule has 1 N–H and O–H groups in total. The Morgan fingerprint density at radius 2 is 1.76 bits per heavy atom. The van der Waals surface area contributed by atoms with E-state index in [1.807, 2.05) is 17.0 Å². The molecule has 0 aromatic heterocycles. The normalized spacial score (nSPS) is 19.6. The molecule has 8 heteroatoms. The van der Waals surface area contributed by atoms with E-state index in [0.29, 0.717) is 16.8 Å². The van der Waals surface area contributed by atoms with Gasteiger partial charge in [-0.25, -0.2) is 4.39 Å². The molecule has 0 saturated carbocycles. The van der Waals surface area contributed by atoms with Crippen molar-refractivity contribution in [3.8, 4) is 0 Å². The van der Waals surface area contributed by atoms with Crippen LogP contribution >= 0.6 is 0 Å². The smallest absolute Gasteiger partial charge is 0.253 e. The molecule has 2 saturated heterocycles. The number of nitrogens with zero attached hydrogens (tertiary/aromatic N) is 3. The van der Waals surface area contributed by atoms with Crippen LogP contribution in [0.2, 0.25) is 0 Å². The van der Waals surface area contributed by atoms with Crippen LogP contribution in [0.3, 0.4) is 0 Å². The van der Waals surface area contributed by atoms with Gasteiger partial charge in [0.25, 0.3) is 5.91 Å². The van der Waals surface area contributed by atoms with Crippen LogP contribution in [0.5, 0.6) is 0 Å². The number of benzene rings is 2. The number of fused-ring (bicyclic) bond motifs is 3. The standard InChI is InChI=1S/C26H29FN4O3/c27-20-7-5-6-18(14-20)16-28-24(32)17-31-23-15-19(25(33)29-11-3-4-12-29)9-10-21(23)30-13-2-1-8-22(30)26(31)34/h5-7,9-10,14-15,22H,1-4,8,11-13,16-17H2,(H,28,32). The van der Waals surface area contributed by atoms with Gasteiger partial charge in [-0.3, -0.25) is 19.3 Å². The predicted octanol–water partition coefficient (Wildman–Crippen LogP) is 3.08. The Morgan fingerprint density at radius 3 is 2.56 bits per heavy atom. The number of hydrogen-bond acceptors (Lipinski definition) is 4. The first kappa shape index (κ1) is 22.4. The van der Waals surface area contributed by atoms with E-state index in [-0.39, 0.29) is 42.7 Å². The van der Waals surface area contributed by atoms with Gasteiger partial charge in [0, 0.05) is 31.7 Å². The third-order valence-corrected chi connectivity index (χ3v) is 6.95. The summed E-state index contributed by atoms with van der Waals surface area (Å²) < 4.78 is 13.5. The zero-order chi connectivity index (χ0) is 23.7. The molecular formula is C26H29FN4O3. The second-order valence-electron chi connectivity index (χ2n) is 9.24. The van der Waals surface area contributed by atoms with Crippen molar-refractivity contribution in [1.82, 2.24) is 10.2 Å². The number of hydrogen-bond donors (Lipinski definition) is 1. The second-order valence-corrected chi connectivity index (χ2v) is 9.24. The molecule has 2 fully saturated rings. The highest BCUT2D eigenvalue weighted by atomic mass is 19.1. The minimum Gasteiger partial charge on any atom is -0.358 e. The number of piperidine rings is 1. The fourth-order valence-corrected chi connectivity index (χ4v) is 5.20. The van der Waals surface area contributed by atoms with Crippen molar-refractivity contribution >= 4 is 29.1 Å². The quantitative estimate of drug-likeness (QED) is 0.738. The van der Waals surface area contributed by atoms with Crippen LogP contribution < -0.4 is 15.1 Å². The minimum absolute atomic E-state index is 0.0379. The van der Waals surface area contributed by atoms with Crippen molar-refractivity contribution in [3.63, 3.8) is 0 Å². The Hall–Kier alpha value is -3.42. The molecule has 0 radical (unpaired) electrons. The summed E-state index contributed by atoms with van der Waals surface area (Å²) in [7, 11) is 0. The lowest BCUT2D eigenvalue weighted by Crippen LogP contribution is -2.57. The molecule has 1 unspecified atom stereocenters. The molecule has 0 spiro atoms. The van der Waals surface area contributed by atoms with E-state index in [9.17, 15) is 18.8 Å². The summed E-state index contributed by atoms with van der Waals surface area (Å²) in [5.74, 6) is -0.841. The van der Waals surface area contributed by atoms with E-state index >= 15 is 0 Å². The zero-order valence-corrected chi connectivity index (χ0v) is 19.1. The van der Waals surface area contributed by atoms with Gasteiger partial charge < -0.3 is 15.1 Å². The summed E-state index contributed by atoms with van der Waals surface area (Å²) in [4.78, 5) is 44.8. The number of nitrogens with one attached hydrogen (secondary N) is 1. The minimum atomic E-state index is -0.362. The van der Waals surface area contributed by atoms with Crippen molar-refractivity contribution in [1.29, 1.82) is 0 Å². The van der Waals surface area contributed by atoms with Crippen LogP contribution in [-0.4, -0.2) is 54.8 Å². The Morgan fingerprint density at radius 1 is 0.971 bits per heavy atom. The molecule has 34 heavy (non-hydrogen) atoms. The maximum atomic E-state index is 13.5. The topological polar surface area (TPSA) is 73.0 Å². The van der Waals surface area contributed by atoms with Gasteiger partial charge in [-0.2, -0.15) is 0 Å². The van der Waals surface area contributed by atoms with Crippen molar-refractivity contribution in [2.75, 3.05) is 36.0 Å². The zero-order valence-electron chi connectivity index (χ0n) is 19.1. The fourth-order valence-electron chi connectivity index (χ4n) is 5.20. The van der Waals surface area contributed by atoms with Crippen molar-refractivity contribution in [2.45, 2.75) is 44.7 Å². The molecule has 3 aliphatic heterocycles. The first-order valence-electron chi connectivity index (χ1n) is 12.0. The highest BCUT2D eigenvalue weighted by Gasteiger charge is 2.40. The number of rotatable bonds is 5. The van der Waals surface area contributed by atoms with Gasteiger partial charge in [-0.1, -0.05) is 12.1 Å². The summed E-state index contributed by atoms with van der Waals surface area (Å²) >= 11 is 0. The SMILES string of the molecule is O=C(CN1C(=O)C2CCCCN2c2ccc(C(=O)N3CCCC3)cc21)NCc1cccc(F)c1. The molecule has 3 amide bonds. The van der Waals surface area contributed by atoms with E-state index in [1.54, 1.807) is 18.2 Å². The van der Waals surface area contributed by atoms with Gasteiger partial charge in [0.2, 0.25) is 11.8 Å². The maximum Gasteiger partial charge on any atom is 0.253 e. The van der Waals surface area contributed by atoms with Crippen LogP contribution in [-0.2, 0) is 16.1 Å². The number of carbonyl (C=O) groups is 3. The van der Waals surface area contributed by atoms with Crippen molar-refractivity contribution in [3.05, 3.63) is 59.4 Å². The van der Waals surface area contributed by atoms with Gasteiger partial charge in [-0.05, 0) is 68.0 Å². The number of halogens is 1. The molecule has 0 aliphatic carbocycles. The lowest BCUT2D eigenvalue weighted by Gasteiger charge is -2.45. The van der Waals surface area contributed by atoms with E-state index in [0.717, 1.165) is 57.4 Å². The average Bonchev–Trinajstić information content (AvgIpc) is 3.40. The number of carbonyl (C=O) groups excluding carboxylic acids is 3. The molecular weight excluding hydrogens is 435 g/mol. The van der Waals surface area contributed by atoms with Gasteiger partial charge in [-0.15, -0.1) is 0 Å². The fraction of sp³-hybridized carbons (Fsp3) is 0.423. The lowest BCUT2D eigenvalue weighted by atomic mass is 9.95. The maximum absolute atomic E-state index is 13.5. The third-order valence-electron chi connectivity index (χ3n) is 6.95. The van der Waals surface area contributed by atoms with Gasteiger partial charge in [0.15, 0.2) is 0 Å². The van der Waals surface area contributed by atoms with E-state index in [4.69, 9.17) is 0 Å². The van der Waals surface area contributed by atoms with E-state index < -0.39 is 0 Å². The molecule has 178 valence electrons. The molecule has 3 heterocycles. The molecule has 3 aliphatic rings. The molecule has 2 aromatic carbocycles. The highest BCUT2D eigenvalue weighted by Crippen LogP contribution is 2.40. The van der Waals surface area contributed by atoms with Crippen LogP contribution in [0.1, 0.15) is 48.0 Å². The lowest BCUT2D eigenvalue weighted by molar-refractivity contribution is -0.125. The summed E-state index contributed by atoms with van der Waals surface area (Å²) in [6, 6.07) is 11.3. The van der Waals surface area contributed by atoms with Crippen LogP contribution in [0.25, 0.3) is 0 Å². The molecule has 0 bridgehead atoms. The largest absolute Gasteiger partial charge is 0.358 e. The van der Waals surface area contributed by atoms with Crippen LogP contribution in [0, 0.1) is 5.82 Å². The summed E-state index contributed by atoms with van der Waals surface area (Å²) in [6.45, 7) is 2.30. The second kappa shape index (κ2) is 9.44. The van der Waals surface area contributed by atoms with Gasteiger partial charge in [0.1, 0.15) is 18.4 Å². The summed E-state index contributed by atoms with van der Waals surface area (Å²) in [6.07, 6.45) is 4.72. The number of anilines is 2. The highest BCUT2D eigenvalue weighted by molar-refractivity contribution is 6.09. The van der Waals surface area contributed by atoms with Crippen LogP contribution in [0.15, 0.2) is 42.5 Å². The Labute approximate surface area is 198 Å². The number of amides is 3. The molecule has 2 aromatic rings. The monoisotopic (exact) mass is 464 g/mol. The Kier molecular flexibility index (Phi) is 6.22. The van der Waals surface area contributed by atoms with Crippen molar-refractivity contribution < 1.29 is 18.8 Å². The predicted molar refractivity (Wildman–Crippen MR) is 127 cm³/mol. The molecule has 5 rings (SSSR count). The summed E-state index contributed by atoms with van der Waals surface area (Å²) in [5, 5.41) is 2.79. The first-order valence-corrected chi connectivity index (χ1v) is 12.0. The Balaban J connectivity index is 1.40. The first-order chi connectivity index (χ1) is 16.5. The van der Waals surface area contributed by atoms with E-state index in [2.05, 4.69) is 10.2 Å². The third kappa shape index (κ3) is 4.36. The number of likely N-dealkylation sites (tertiary alicyclic amines) is 1. The van der Waals surface area contributed by atoms with Gasteiger partial charge >= 0.3 is 0 Å². The summed E-state index contributed by atoms with van der Waals surface area (Å²) in [5.41, 5.74) is 2.68. The Bertz CT molecular complexity index is 1110. The van der Waals surface area contributed by atoms with Crippen molar-refractivity contribution in [2.24, 2.45) is 0 Å². The van der Waals surface area contributed by atoms with Crippen LogP contribution in [0.4, 0.5) is 15.8 Å². The van der Waals surface area contributed by atoms with E-state index in [1.165, 1.54) is 17.0 Å². The molecule has 7 nitrogen and oxygen atoms in total. The van der Waals surface area contributed by atoms with Gasteiger partial charge in [0.05, 0.1) is 11.4 Å².